The molecule has 0 aliphatic rings. The Kier molecular flexibility index (Phi) is 5.18. The SMILES string of the molecule is Cc1cc(Cl)c(N(C)C(CO)CCO)cc1F. The number of nitrogens with zero attached hydrogens (tertiary/aromatic N) is 1. The lowest BCUT2D eigenvalue weighted by Gasteiger charge is -2.29. The van der Waals surface area contributed by atoms with Gasteiger partial charge in [0.1, 0.15) is 5.82 Å². The summed E-state index contributed by atoms with van der Waals surface area (Å²) in [6.07, 6.45) is 0.402. The van der Waals surface area contributed by atoms with Crippen molar-refractivity contribution in [2.24, 2.45) is 0 Å². The van der Waals surface area contributed by atoms with E-state index in [0.717, 1.165) is 0 Å². The van der Waals surface area contributed by atoms with Crippen molar-refractivity contribution < 1.29 is 14.6 Å². The van der Waals surface area contributed by atoms with Crippen molar-refractivity contribution in [3.63, 3.8) is 0 Å². The largest absolute Gasteiger partial charge is 0.396 e. The second kappa shape index (κ2) is 6.19. The summed E-state index contributed by atoms with van der Waals surface area (Å²) in [5, 5.41) is 18.5. The third-order valence-electron chi connectivity index (χ3n) is 2.83. The fraction of sp³-hybridized carbons (Fsp3) is 0.500. The molecule has 1 aromatic carbocycles. The molecule has 1 atom stereocenters. The van der Waals surface area contributed by atoms with E-state index in [4.69, 9.17) is 16.7 Å². The van der Waals surface area contributed by atoms with Crippen LogP contribution in [0.2, 0.25) is 5.02 Å². The van der Waals surface area contributed by atoms with Gasteiger partial charge in [-0.25, -0.2) is 4.39 Å². The van der Waals surface area contributed by atoms with Gasteiger partial charge in [-0.1, -0.05) is 11.6 Å². The Hall–Kier alpha value is -0.840. The molecule has 0 aromatic heterocycles. The standard InChI is InChI=1S/C12H17ClFNO2/c1-8-5-10(13)12(6-11(8)14)15(2)9(7-17)3-4-16/h5-6,9,16-17H,3-4,7H2,1-2H3. The van der Waals surface area contributed by atoms with E-state index in [2.05, 4.69) is 0 Å². The van der Waals surface area contributed by atoms with E-state index < -0.39 is 0 Å². The molecule has 0 amide bonds. The van der Waals surface area contributed by atoms with Crippen LogP contribution < -0.4 is 4.90 Å². The number of hydrogen-bond donors (Lipinski definition) is 2. The highest BCUT2D eigenvalue weighted by molar-refractivity contribution is 6.33. The monoisotopic (exact) mass is 261 g/mol. The number of likely N-dealkylation sites (N-methyl/N-ethyl adjacent to an activating group) is 1. The number of aryl methyl sites for hydroxylation is 1. The van der Waals surface area contributed by atoms with Gasteiger partial charge in [0.25, 0.3) is 0 Å². The van der Waals surface area contributed by atoms with Gasteiger partial charge in [0.05, 0.1) is 23.4 Å². The van der Waals surface area contributed by atoms with E-state index in [1.807, 2.05) is 0 Å². The van der Waals surface area contributed by atoms with Gasteiger partial charge in [0, 0.05) is 13.7 Å². The van der Waals surface area contributed by atoms with Crippen molar-refractivity contribution in [1.82, 2.24) is 0 Å². The molecule has 0 aliphatic carbocycles. The smallest absolute Gasteiger partial charge is 0.128 e. The van der Waals surface area contributed by atoms with Gasteiger partial charge in [-0.3, -0.25) is 0 Å². The van der Waals surface area contributed by atoms with E-state index in [1.165, 1.54) is 6.07 Å². The fourth-order valence-corrected chi connectivity index (χ4v) is 2.01. The van der Waals surface area contributed by atoms with Crippen LogP contribution in [-0.4, -0.2) is 36.5 Å². The Balaban J connectivity index is 3.02. The molecular formula is C12H17ClFNO2. The lowest BCUT2D eigenvalue weighted by molar-refractivity contribution is 0.218. The van der Waals surface area contributed by atoms with E-state index in [9.17, 15) is 9.50 Å². The number of aliphatic hydroxyl groups excluding tert-OH is 2. The van der Waals surface area contributed by atoms with Crippen LogP contribution in [0.1, 0.15) is 12.0 Å². The Bertz CT molecular complexity index is 387. The number of rotatable bonds is 5. The van der Waals surface area contributed by atoms with Gasteiger partial charge in [-0.05, 0) is 31.0 Å². The zero-order valence-electron chi connectivity index (χ0n) is 9.95. The van der Waals surface area contributed by atoms with Gasteiger partial charge in [0.15, 0.2) is 0 Å². The molecule has 3 nitrogen and oxygen atoms in total. The summed E-state index contributed by atoms with van der Waals surface area (Å²) in [6.45, 7) is 1.48. The summed E-state index contributed by atoms with van der Waals surface area (Å²) >= 11 is 6.05. The molecule has 0 radical (unpaired) electrons. The average Bonchev–Trinajstić information content (AvgIpc) is 2.30. The molecule has 5 heteroatoms. The van der Waals surface area contributed by atoms with Crippen LogP contribution >= 0.6 is 11.6 Å². The van der Waals surface area contributed by atoms with Crippen LogP contribution in [0.5, 0.6) is 0 Å². The van der Waals surface area contributed by atoms with Gasteiger partial charge in [-0.15, -0.1) is 0 Å². The quantitative estimate of drug-likeness (QED) is 0.852. The lowest BCUT2D eigenvalue weighted by Crippen LogP contribution is -2.35. The molecule has 17 heavy (non-hydrogen) atoms. The third-order valence-corrected chi connectivity index (χ3v) is 3.13. The lowest BCUT2D eigenvalue weighted by atomic mass is 10.1. The molecule has 1 unspecified atom stereocenters. The summed E-state index contributed by atoms with van der Waals surface area (Å²) in [6, 6.07) is 2.62. The van der Waals surface area contributed by atoms with Crippen molar-refractivity contribution >= 4 is 17.3 Å². The highest BCUT2D eigenvalue weighted by atomic mass is 35.5. The highest BCUT2D eigenvalue weighted by Crippen LogP contribution is 2.29. The van der Waals surface area contributed by atoms with Gasteiger partial charge in [0.2, 0.25) is 0 Å². The minimum Gasteiger partial charge on any atom is -0.396 e. The molecule has 0 saturated carbocycles. The van der Waals surface area contributed by atoms with Crippen LogP contribution in [-0.2, 0) is 0 Å². The molecule has 0 bridgehead atoms. The van der Waals surface area contributed by atoms with Crippen LogP contribution in [0.3, 0.4) is 0 Å². The predicted molar refractivity (Wildman–Crippen MR) is 67.1 cm³/mol. The van der Waals surface area contributed by atoms with E-state index in [0.29, 0.717) is 22.7 Å². The fourth-order valence-electron chi connectivity index (χ4n) is 1.66. The van der Waals surface area contributed by atoms with Gasteiger partial charge in [-0.2, -0.15) is 0 Å². The van der Waals surface area contributed by atoms with Crippen LogP contribution in [0, 0.1) is 12.7 Å². The summed E-state index contributed by atoms with van der Waals surface area (Å²) in [4.78, 5) is 1.68. The van der Waals surface area contributed by atoms with Crippen molar-refractivity contribution in [1.29, 1.82) is 0 Å². The summed E-state index contributed by atoms with van der Waals surface area (Å²) in [5.41, 5.74) is 0.997. The number of halogens is 2. The van der Waals surface area contributed by atoms with E-state index >= 15 is 0 Å². The normalized spacial score (nSPS) is 12.6. The predicted octanol–water partition coefficient (Wildman–Crippen LogP) is 1.97. The van der Waals surface area contributed by atoms with E-state index in [1.54, 1.807) is 24.9 Å². The first-order chi connectivity index (χ1) is 8.01. The van der Waals surface area contributed by atoms with Crippen LogP contribution in [0.25, 0.3) is 0 Å². The molecule has 2 N–H and O–H groups in total. The zero-order valence-corrected chi connectivity index (χ0v) is 10.7. The van der Waals surface area contributed by atoms with Crippen molar-refractivity contribution in [2.45, 2.75) is 19.4 Å². The third kappa shape index (κ3) is 3.31. The second-order valence-corrected chi connectivity index (χ2v) is 4.42. The highest BCUT2D eigenvalue weighted by Gasteiger charge is 2.17. The number of hydrogen-bond acceptors (Lipinski definition) is 3. The topological polar surface area (TPSA) is 43.7 Å². The first-order valence-electron chi connectivity index (χ1n) is 5.41. The Morgan fingerprint density at radius 2 is 2.06 bits per heavy atom. The molecular weight excluding hydrogens is 245 g/mol. The van der Waals surface area contributed by atoms with Crippen molar-refractivity contribution in [3.8, 4) is 0 Å². The Labute approximate surface area is 105 Å². The molecule has 1 aromatic rings. The zero-order chi connectivity index (χ0) is 13.0. The molecule has 96 valence electrons. The molecule has 0 aliphatic heterocycles. The minimum absolute atomic E-state index is 0.0401. The maximum Gasteiger partial charge on any atom is 0.128 e. The number of aliphatic hydroxyl groups is 2. The maximum atomic E-state index is 13.5. The first-order valence-corrected chi connectivity index (χ1v) is 5.79. The molecule has 0 fully saturated rings. The van der Waals surface area contributed by atoms with Gasteiger partial charge < -0.3 is 15.1 Å². The van der Waals surface area contributed by atoms with Crippen LogP contribution in [0.4, 0.5) is 10.1 Å². The van der Waals surface area contributed by atoms with Crippen molar-refractivity contribution in [3.05, 3.63) is 28.5 Å². The first kappa shape index (κ1) is 14.2. The van der Waals surface area contributed by atoms with E-state index in [-0.39, 0.29) is 25.1 Å². The Morgan fingerprint density at radius 3 is 2.59 bits per heavy atom. The number of anilines is 1. The van der Waals surface area contributed by atoms with Gasteiger partial charge >= 0.3 is 0 Å². The Morgan fingerprint density at radius 1 is 1.41 bits per heavy atom. The molecule has 0 saturated heterocycles. The summed E-state index contributed by atoms with van der Waals surface area (Å²) in [5.74, 6) is -0.336. The van der Waals surface area contributed by atoms with Crippen molar-refractivity contribution in [2.75, 3.05) is 25.2 Å². The minimum atomic E-state index is -0.336. The summed E-state index contributed by atoms with van der Waals surface area (Å²) in [7, 11) is 1.71. The second-order valence-electron chi connectivity index (χ2n) is 4.01. The molecule has 0 heterocycles. The maximum absolute atomic E-state index is 13.5. The summed E-state index contributed by atoms with van der Waals surface area (Å²) < 4.78 is 13.5. The average molecular weight is 262 g/mol. The van der Waals surface area contributed by atoms with Crippen LogP contribution in [0.15, 0.2) is 12.1 Å². The molecule has 0 spiro atoms. The number of benzene rings is 1. The molecule has 1 rings (SSSR count).